The van der Waals surface area contributed by atoms with Crippen molar-refractivity contribution >= 4 is 24.2 Å². The Bertz CT molecular complexity index is 1340. The summed E-state index contributed by atoms with van der Waals surface area (Å²) in [5, 5.41) is 5.60. The highest BCUT2D eigenvalue weighted by Crippen LogP contribution is 2.30. The van der Waals surface area contributed by atoms with Crippen LogP contribution in [0.3, 0.4) is 0 Å². The van der Waals surface area contributed by atoms with Gasteiger partial charge in [-0.2, -0.15) is 0 Å². The molecule has 0 spiro atoms. The van der Waals surface area contributed by atoms with Gasteiger partial charge in [-0.05, 0) is 106 Å². The van der Waals surface area contributed by atoms with E-state index in [1.54, 1.807) is 7.11 Å². The van der Waals surface area contributed by atoms with Crippen molar-refractivity contribution in [3.8, 4) is 11.1 Å². The first-order valence-corrected chi connectivity index (χ1v) is 17.3. The molecule has 7 nitrogen and oxygen atoms in total. The molecule has 1 aliphatic heterocycles. The molecular formula is C38H62N6O. The molecule has 0 saturated carbocycles. The van der Waals surface area contributed by atoms with Crippen LogP contribution in [0.1, 0.15) is 78.7 Å². The Morgan fingerprint density at radius 3 is 2.51 bits per heavy atom. The minimum Gasteiger partial charge on any atom is -0.386 e. The van der Waals surface area contributed by atoms with Crippen molar-refractivity contribution < 1.29 is 4.74 Å². The van der Waals surface area contributed by atoms with Crippen molar-refractivity contribution in [1.82, 2.24) is 20.1 Å². The van der Waals surface area contributed by atoms with Gasteiger partial charge >= 0.3 is 0 Å². The molecule has 7 heteroatoms. The van der Waals surface area contributed by atoms with Gasteiger partial charge in [-0.25, -0.2) is 4.98 Å². The first kappa shape index (κ1) is 36.6. The normalized spacial score (nSPS) is 16.0. The third kappa shape index (κ3) is 10.1. The fourth-order valence-corrected chi connectivity index (χ4v) is 6.58. The van der Waals surface area contributed by atoms with Gasteiger partial charge in [-0.3, -0.25) is 4.90 Å². The van der Waals surface area contributed by atoms with Crippen molar-refractivity contribution in [2.45, 2.75) is 91.6 Å². The SMILES string of the molecule is C=c1c(-c2ccc(N3CCC(N(CC)CCN(C)C)CC3)c(CC)c2)cnc(N)/c1=C/C(CCC)=C(\C)NC(CC)CCOC. The number of aromatic nitrogens is 1. The van der Waals surface area contributed by atoms with E-state index >= 15 is 0 Å². The van der Waals surface area contributed by atoms with Crippen molar-refractivity contribution in [3.05, 3.63) is 51.7 Å². The van der Waals surface area contributed by atoms with Crippen LogP contribution in [0.25, 0.3) is 23.8 Å². The first-order valence-electron chi connectivity index (χ1n) is 17.3. The van der Waals surface area contributed by atoms with Crippen LogP contribution in [0, 0.1) is 0 Å². The largest absolute Gasteiger partial charge is 0.386 e. The van der Waals surface area contributed by atoms with Gasteiger partial charge in [0.25, 0.3) is 0 Å². The minimum atomic E-state index is 0.372. The smallest absolute Gasteiger partial charge is 0.131 e. The Balaban J connectivity index is 1.89. The number of hydrogen-bond donors (Lipinski definition) is 2. The fraction of sp³-hybridized carbons (Fsp3) is 0.605. The zero-order valence-corrected chi connectivity index (χ0v) is 29.7. The third-order valence-electron chi connectivity index (χ3n) is 9.50. The van der Waals surface area contributed by atoms with E-state index < -0.39 is 0 Å². The number of piperidine rings is 1. The maximum absolute atomic E-state index is 6.51. The van der Waals surface area contributed by atoms with Gasteiger partial charge in [0.1, 0.15) is 5.82 Å². The number of rotatable bonds is 17. The molecule has 2 aromatic rings. The quantitative estimate of drug-likeness (QED) is 0.246. The van der Waals surface area contributed by atoms with Gasteiger partial charge in [0, 0.05) is 80.3 Å². The van der Waals surface area contributed by atoms with Crippen LogP contribution in [-0.2, 0) is 11.2 Å². The van der Waals surface area contributed by atoms with Crippen molar-refractivity contribution in [3.63, 3.8) is 0 Å². The molecule has 3 N–H and O–H groups in total. The first-order chi connectivity index (χ1) is 21.7. The van der Waals surface area contributed by atoms with Gasteiger partial charge in [0.15, 0.2) is 0 Å². The summed E-state index contributed by atoms with van der Waals surface area (Å²) in [6.45, 7) is 22.0. The van der Waals surface area contributed by atoms with Crippen molar-refractivity contribution in [1.29, 1.82) is 0 Å². The molecule has 250 valence electrons. The highest BCUT2D eigenvalue weighted by Gasteiger charge is 2.25. The summed E-state index contributed by atoms with van der Waals surface area (Å²) in [5.41, 5.74) is 13.9. The molecule has 1 aromatic carbocycles. The van der Waals surface area contributed by atoms with E-state index in [2.05, 4.69) is 105 Å². The summed E-state index contributed by atoms with van der Waals surface area (Å²) < 4.78 is 5.33. The molecule has 0 bridgehead atoms. The molecule has 0 amide bonds. The lowest BCUT2D eigenvalue weighted by molar-refractivity contribution is 0.162. The number of methoxy groups -OCH3 is 1. The summed E-state index contributed by atoms with van der Waals surface area (Å²) in [5.74, 6) is 0.526. The second-order valence-corrected chi connectivity index (χ2v) is 12.9. The average molecular weight is 619 g/mol. The minimum absolute atomic E-state index is 0.372. The van der Waals surface area contributed by atoms with Gasteiger partial charge in [-0.1, -0.05) is 46.8 Å². The average Bonchev–Trinajstić information content (AvgIpc) is 3.04. The number of hydrogen-bond acceptors (Lipinski definition) is 7. The number of likely N-dealkylation sites (N-methyl/N-ethyl adjacent to an activating group) is 2. The van der Waals surface area contributed by atoms with E-state index in [9.17, 15) is 0 Å². The monoisotopic (exact) mass is 618 g/mol. The topological polar surface area (TPSA) is 69.9 Å². The predicted octanol–water partition coefficient (Wildman–Crippen LogP) is 5.42. The molecule has 0 aliphatic carbocycles. The Hall–Kier alpha value is -2.87. The van der Waals surface area contributed by atoms with Crippen LogP contribution in [0.4, 0.5) is 11.5 Å². The molecule has 1 fully saturated rings. The number of ether oxygens (including phenoxy) is 1. The van der Waals surface area contributed by atoms with Gasteiger partial charge in [0.2, 0.25) is 0 Å². The standard InChI is InChI=1S/C38H62N6O/c1-10-14-31(29(6)41-33(12-3)19-24-45-9)26-35-28(5)36(27-40-38(35)39)32-15-16-37(30(11-2)25-32)44-20-17-34(18-21-44)43(13-4)23-22-42(7)8/h15-16,25-27,33-34,41H,5,10-14,17-24H2,1-4,6-9H3,(H2,39,40)/b31-29+,35-26+. The third-order valence-corrected chi connectivity index (χ3v) is 9.50. The second-order valence-electron chi connectivity index (χ2n) is 12.9. The molecule has 1 unspecified atom stereocenters. The van der Waals surface area contributed by atoms with Crippen LogP contribution in [0.5, 0.6) is 0 Å². The summed E-state index contributed by atoms with van der Waals surface area (Å²) in [7, 11) is 6.09. The number of nitrogens with one attached hydrogen (secondary N) is 1. The molecule has 3 rings (SSSR count). The summed E-state index contributed by atoms with van der Waals surface area (Å²) in [6.07, 6.45) is 11.5. The summed E-state index contributed by atoms with van der Waals surface area (Å²) in [6, 6.07) is 7.96. The molecule has 1 atom stereocenters. The zero-order chi connectivity index (χ0) is 32.9. The Kier molecular flexibility index (Phi) is 14.9. The predicted molar refractivity (Wildman–Crippen MR) is 195 cm³/mol. The number of aryl methyl sites for hydroxylation is 1. The summed E-state index contributed by atoms with van der Waals surface area (Å²) >= 11 is 0. The van der Waals surface area contributed by atoms with Gasteiger partial charge < -0.3 is 25.6 Å². The van der Waals surface area contributed by atoms with Crippen molar-refractivity contribution in [2.24, 2.45) is 0 Å². The molecule has 0 radical (unpaired) electrons. The van der Waals surface area contributed by atoms with E-state index in [4.69, 9.17) is 10.5 Å². The number of benzene rings is 1. The number of nitrogens with two attached hydrogens (primary N) is 1. The van der Waals surface area contributed by atoms with Crippen molar-refractivity contribution in [2.75, 3.05) is 71.2 Å². The molecule has 45 heavy (non-hydrogen) atoms. The molecule has 2 heterocycles. The van der Waals surface area contributed by atoms with Crippen LogP contribution in [-0.4, -0.2) is 87.4 Å². The Morgan fingerprint density at radius 1 is 1.18 bits per heavy atom. The number of nitrogens with zero attached hydrogens (tertiary/aromatic N) is 4. The Labute approximate surface area is 274 Å². The number of anilines is 2. The molecule has 1 aliphatic rings. The maximum atomic E-state index is 6.51. The fourth-order valence-electron chi connectivity index (χ4n) is 6.58. The lowest BCUT2D eigenvalue weighted by Gasteiger charge is -2.40. The van der Waals surface area contributed by atoms with Crippen LogP contribution < -0.4 is 26.4 Å². The van der Waals surface area contributed by atoms with Gasteiger partial charge in [0.05, 0.1) is 0 Å². The Morgan fingerprint density at radius 2 is 1.91 bits per heavy atom. The maximum Gasteiger partial charge on any atom is 0.131 e. The number of nitrogen functional groups attached to an aromatic ring is 1. The van der Waals surface area contributed by atoms with Crippen LogP contribution in [0.15, 0.2) is 35.7 Å². The number of pyridine rings is 1. The highest BCUT2D eigenvalue weighted by atomic mass is 16.5. The van der Waals surface area contributed by atoms with E-state index in [0.29, 0.717) is 17.9 Å². The second kappa shape index (κ2) is 18.3. The van der Waals surface area contributed by atoms with Gasteiger partial charge in [-0.15, -0.1) is 0 Å². The van der Waals surface area contributed by atoms with E-state index in [1.807, 2.05) is 6.20 Å². The lowest BCUT2D eigenvalue weighted by atomic mass is 9.96. The van der Waals surface area contributed by atoms with Crippen LogP contribution >= 0.6 is 0 Å². The molecule has 1 saturated heterocycles. The zero-order valence-electron chi connectivity index (χ0n) is 29.7. The highest BCUT2D eigenvalue weighted by molar-refractivity contribution is 5.71. The van der Waals surface area contributed by atoms with E-state index in [1.165, 1.54) is 35.4 Å². The van der Waals surface area contributed by atoms with E-state index in [-0.39, 0.29) is 0 Å². The molecule has 1 aromatic heterocycles. The van der Waals surface area contributed by atoms with Crippen LogP contribution in [0.2, 0.25) is 0 Å². The lowest BCUT2D eigenvalue weighted by Crippen LogP contribution is -2.47. The van der Waals surface area contributed by atoms with E-state index in [0.717, 1.165) is 93.0 Å². The molecular weight excluding hydrogens is 556 g/mol. The number of allylic oxidation sites excluding steroid dienone is 2. The summed E-state index contributed by atoms with van der Waals surface area (Å²) in [4.78, 5) is 12.2.